The Morgan fingerprint density at radius 2 is 1.86 bits per heavy atom. The summed E-state index contributed by atoms with van der Waals surface area (Å²) in [5.74, 6) is 2.29. The monoisotopic (exact) mass is 381 g/mol. The second kappa shape index (κ2) is 8.43. The van der Waals surface area contributed by atoms with Crippen molar-refractivity contribution in [2.24, 2.45) is 0 Å². The number of anilines is 1. The van der Waals surface area contributed by atoms with Crippen LogP contribution in [0.2, 0.25) is 0 Å². The fraction of sp³-hybridized carbons (Fsp3) is 0.250. The first kappa shape index (κ1) is 17.8. The van der Waals surface area contributed by atoms with Gasteiger partial charge in [0.25, 0.3) is 0 Å². The summed E-state index contributed by atoms with van der Waals surface area (Å²) in [7, 11) is 0. The molecular formula is C20H19N3O5. The third-order valence-electron chi connectivity index (χ3n) is 4.02. The topological polar surface area (TPSA) is 95.7 Å². The number of aromatic nitrogens is 2. The second-order valence-electron chi connectivity index (χ2n) is 6.12. The van der Waals surface area contributed by atoms with Gasteiger partial charge in [-0.05, 0) is 29.8 Å². The molecule has 1 amide bonds. The lowest BCUT2D eigenvalue weighted by Crippen LogP contribution is -2.15. The fourth-order valence-electron chi connectivity index (χ4n) is 2.71. The van der Waals surface area contributed by atoms with E-state index < -0.39 is 0 Å². The van der Waals surface area contributed by atoms with Gasteiger partial charge < -0.3 is 18.6 Å². The lowest BCUT2D eigenvalue weighted by atomic mass is 10.1. The van der Waals surface area contributed by atoms with Crippen molar-refractivity contribution in [2.75, 3.05) is 25.1 Å². The average Bonchev–Trinajstić information content (AvgIpc) is 3.15. The van der Waals surface area contributed by atoms with Gasteiger partial charge in [-0.1, -0.05) is 29.4 Å². The van der Waals surface area contributed by atoms with Gasteiger partial charge in [0.15, 0.2) is 11.5 Å². The molecule has 0 saturated heterocycles. The van der Waals surface area contributed by atoms with E-state index >= 15 is 0 Å². The van der Waals surface area contributed by atoms with Gasteiger partial charge in [-0.2, -0.15) is 0 Å². The Kier molecular flexibility index (Phi) is 5.37. The summed E-state index contributed by atoms with van der Waals surface area (Å²) in [4.78, 5) is 12.0. The third kappa shape index (κ3) is 4.59. The summed E-state index contributed by atoms with van der Waals surface area (Å²) < 4.78 is 22.1. The molecule has 1 aliphatic heterocycles. The maximum absolute atomic E-state index is 12.0. The lowest BCUT2D eigenvalue weighted by molar-refractivity contribution is -0.116. The van der Waals surface area contributed by atoms with Crippen LogP contribution in [0.5, 0.6) is 17.2 Å². The number of hydrogen-bond donors (Lipinski definition) is 1. The highest BCUT2D eigenvalue weighted by atomic mass is 16.6. The molecule has 3 aromatic rings. The van der Waals surface area contributed by atoms with Gasteiger partial charge in [0.1, 0.15) is 19.0 Å². The average molecular weight is 381 g/mol. The molecule has 0 unspecified atom stereocenters. The van der Waals surface area contributed by atoms with E-state index in [1.807, 2.05) is 48.5 Å². The van der Waals surface area contributed by atoms with Crippen molar-refractivity contribution >= 4 is 11.9 Å². The van der Waals surface area contributed by atoms with E-state index in [0.717, 1.165) is 17.1 Å². The molecule has 0 radical (unpaired) electrons. The number of benzene rings is 2. The zero-order valence-corrected chi connectivity index (χ0v) is 15.1. The molecular weight excluding hydrogens is 362 g/mol. The van der Waals surface area contributed by atoms with Crippen molar-refractivity contribution in [3.8, 4) is 17.2 Å². The normalized spacial score (nSPS) is 12.4. The molecule has 2 heterocycles. The molecule has 1 aromatic heterocycles. The number of hydrogen-bond acceptors (Lipinski definition) is 7. The molecule has 0 spiro atoms. The van der Waals surface area contributed by atoms with Gasteiger partial charge in [0.05, 0.1) is 19.4 Å². The lowest BCUT2D eigenvalue weighted by Gasteiger charge is -2.18. The predicted octanol–water partition coefficient (Wildman–Crippen LogP) is 2.84. The Bertz CT molecular complexity index is 942. The first-order valence-corrected chi connectivity index (χ1v) is 8.95. The van der Waals surface area contributed by atoms with E-state index in [1.54, 1.807) is 0 Å². The van der Waals surface area contributed by atoms with Crippen LogP contribution in [0.1, 0.15) is 17.9 Å². The van der Waals surface area contributed by atoms with Gasteiger partial charge in [0, 0.05) is 0 Å². The zero-order chi connectivity index (χ0) is 19.2. The molecule has 8 heteroatoms. The van der Waals surface area contributed by atoms with E-state index in [1.165, 1.54) is 0 Å². The van der Waals surface area contributed by atoms with Crippen LogP contribution in [-0.2, 0) is 11.2 Å². The van der Waals surface area contributed by atoms with E-state index in [4.69, 9.17) is 18.6 Å². The van der Waals surface area contributed by atoms with Gasteiger partial charge in [-0.3, -0.25) is 10.1 Å². The van der Waals surface area contributed by atoms with Crippen LogP contribution in [-0.4, -0.2) is 35.9 Å². The van der Waals surface area contributed by atoms with Crippen LogP contribution in [0.3, 0.4) is 0 Å². The number of amides is 1. The van der Waals surface area contributed by atoms with Crippen molar-refractivity contribution in [2.45, 2.75) is 12.8 Å². The number of ether oxygens (including phenoxy) is 3. The summed E-state index contributed by atoms with van der Waals surface area (Å²) in [5.41, 5.74) is 0.946. The minimum Gasteiger partial charge on any atom is -0.493 e. The molecule has 1 N–H and O–H groups in total. The highest BCUT2D eigenvalue weighted by Gasteiger charge is 2.14. The summed E-state index contributed by atoms with van der Waals surface area (Å²) in [6.45, 7) is 1.34. The van der Waals surface area contributed by atoms with E-state index in [0.29, 0.717) is 31.3 Å². The van der Waals surface area contributed by atoms with E-state index in [9.17, 15) is 4.79 Å². The van der Waals surface area contributed by atoms with Crippen LogP contribution < -0.4 is 19.5 Å². The molecule has 144 valence electrons. The summed E-state index contributed by atoms with van der Waals surface area (Å²) in [6.07, 6.45) is 0.603. The van der Waals surface area contributed by atoms with E-state index in [-0.39, 0.29) is 24.9 Å². The minimum atomic E-state index is -0.259. The summed E-state index contributed by atoms with van der Waals surface area (Å²) in [6, 6.07) is 15.0. The number of carbonyl (C=O) groups excluding carboxylic acids is 1. The molecule has 28 heavy (non-hydrogen) atoms. The van der Waals surface area contributed by atoms with Crippen molar-refractivity contribution in [3.05, 3.63) is 60.0 Å². The molecule has 0 aliphatic carbocycles. The molecule has 1 aliphatic rings. The summed E-state index contributed by atoms with van der Waals surface area (Å²) >= 11 is 0. The van der Waals surface area contributed by atoms with Crippen LogP contribution >= 0.6 is 0 Å². The van der Waals surface area contributed by atoms with Crippen LogP contribution in [0.4, 0.5) is 6.01 Å². The number of para-hydroxylation sites is 1. The highest BCUT2D eigenvalue weighted by molar-refractivity contribution is 5.88. The van der Waals surface area contributed by atoms with Crippen LogP contribution in [0.25, 0.3) is 0 Å². The van der Waals surface area contributed by atoms with Gasteiger partial charge in [-0.15, -0.1) is 5.10 Å². The standard InChI is InChI=1S/C20H19N3O5/c24-18(8-9-25-15-4-2-1-3-5-15)21-20-23-22-19(28-20)13-14-6-7-16-17(12-14)27-11-10-26-16/h1-7,12H,8-11,13H2,(H,21,23,24). The van der Waals surface area contributed by atoms with Crippen molar-refractivity contribution < 1.29 is 23.4 Å². The summed E-state index contributed by atoms with van der Waals surface area (Å²) in [5, 5.41) is 10.4. The maximum atomic E-state index is 12.0. The molecule has 0 saturated carbocycles. The highest BCUT2D eigenvalue weighted by Crippen LogP contribution is 2.31. The molecule has 2 aromatic carbocycles. The van der Waals surface area contributed by atoms with Gasteiger partial charge in [0.2, 0.25) is 11.8 Å². The van der Waals surface area contributed by atoms with E-state index in [2.05, 4.69) is 15.5 Å². The number of fused-ring (bicyclic) bond motifs is 1. The Morgan fingerprint density at radius 3 is 2.71 bits per heavy atom. The SMILES string of the molecule is O=C(CCOc1ccccc1)Nc1nnc(Cc2ccc3c(c2)OCCO3)o1. The number of nitrogens with zero attached hydrogens (tertiary/aromatic N) is 2. The Labute approximate surface area is 161 Å². The van der Waals surface area contributed by atoms with Crippen molar-refractivity contribution in [1.82, 2.24) is 10.2 Å². The fourth-order valence-corrected chi connectivity index (χ4v) is 2.71. The Hall–Kier alpha value is -3.55. The third-order valence-corrected chi connectivity index (χ3v) is 4.02. The zero-order valence-electron chi connectivity index (χ0n) is 15.1. The molecule has 0 bridgehead atoms. The molecule has 0 atom stereocenters. The largest absolute Gasteiger partial charge is 0.493 e. The number of carbonyl (C=O) groups is 1. The quantitative estimate of drug-likeness (QED) is 0.672. The smallest absolute Gasteiger partial charge is 0.322 e. The maximum Gasteiger partial charge on any atom is 0.322 e. The molecule has 0 fully saturated rings. The van der Waals surface area contributed by atoms with Crippen molar-refractivity contribution in [1.29, 1.82) is 0 Å². The number of nitrogens with one attached hydrogen (secondary N) is 1. The second-order valence-corrected chi connectivity index (χ2v) is 6.12. The predicted molar refractivity (Wildman–Crippen MR) is 99.7 cm³/mol. The van der Waals surface area contributed by atoms with Crippen molar-refractivity contribution in [3.63, 3.8) is 0 Å². The van der Waals surface area contributed by atoms with Gasteiger partial charge >= 0.3 is 6.01 Å². The Balaban J connectivity index is 1.27. The van der Waals surface area contributed by atoms with Crippen LogP contribution in [0.15, 0.2) is 52.9 Å². The number of rotatable bonds is 7. The van der Waals surface area contributed by atoms with Crippen LogP contribution in [0, 0.1) is 0 Å². The molecule has 4 rings (SSSR count). The minimum absolute atomic E-state index is 0.0669. The first-order valence-electron chi connectivity index (χ1n) is 8.95. The first-order chi connectivity index (χ1) is 13.8. The molecule has 8 nitrogen and oxygen atoms in total. The Morgan fingerprint density at radius 1 is 1.04 bits per heavy atom. The van der Waals surface area contributed by atoms with Gasteiger partial charge in [-0.25, -0.2) is 0 Å².